The maximum absolute atomic E-state index is 12.3. The van der Waals surface area contributed by atoms with Gasteiger partial charge in [-0.15, -0.1) is 0 Å². The van der Waals surface area contributed by atoms with Crippen LogP contribution in [0.2, 0.25) is 0 Å². The van der Waals surface area contributed by atoms with Gasteiger partial charge in [0.15, 0.2) is 0 Å². The molecule has 0 amide bonds. The second-order valence-electron chi connectivity index (χ2n) is 4.85. The third kappa shape index (κ3) is 4.16. The molecule has 7 heteroatoms. The van der Waals surface area contributed by atoms with Crippen LogP contribution in [0.25, 0.3) is 0 Å². The lowest BCUT2D eigenvalue weighted by Gasteiger charge is -2.14. The van der Waals surface area contributed by atoms with Gasteiger partial charge < -0.3 is 5.11 Å². The van der Waals surface area contributed by atoms with Crippen molar-refractivity contribution in [2.45, 2.75) is 30.7 Å². The van der Waals surface area contributed by atoms with E-state index in [0.29, 0.717) is 0 Å². The molecule has 118 valence electrons. The molecule has 0 spiro atoms. The molecule has 1 aromatic carbocycles. The summed E-state index contributed by atoms with van der Waals surface area (Å²) in [5.74, 6) is -1.19. The van der Waals surface area contributed by atoms with Crippen molar-refractivity contribution in [1.29, 1.82) is 0 Å². The molecular formula is C15H17NO4S2. The van der Waals surface area contributed by atoms with Gasteiger partial charge in [0.25, 0.3) is 0 Å². The summed E-state index contributed by atoms with van der Waals surface area (Å²) in [5.41, 5.74) is 1.81. The minimum absolute atomic E-state index is 0.0706. The lowest BCUT2D eigenvalue weighted by atomic mass is 10.1. The summed E-state index contributed by atoms with van der Waals surface area (Å²) in [6.45, 7) is 1.98. The first kappa shape index (κ1) is 16.7. The van der Waals surface area contributed by atoms with Crippen molar-refractivity contribution < 1.29 is 18.3 Å². The van der Waals surface area contributed by atoms with Gasteiger partial charge in [0.1, 0.15) is 6.04 Å². The predicted octanol–water partition coefficient (Wildman–Crippen LogP) is 2.28. The summed E-state index contributed by atoms with van der Waals surface area (Å²) >= 11 is 1.44. The van der Waals surface area contributed by atoms with E-state index >= 15 is 0 Å². The predicted molar refractivity (Wildman–Crippen MR) is 85.6 cm³/mol. The number of hydrogen-bond acceptors (Lipinski definition) is 4. The molecule has 0 aliphatic rings. The molecular weight excluding hydrogens is 322 g/mol. The summed E-state index contributed by atoms with van der Waals surface area (Å²) in [7, 11) is -3.86. The Hall–Kier alpha value is -1.70. The molecule has 2 N–H and O–H groups in total. The number of carbonyl (C=O) groups is 1. The standard InChI is InChI=1S/C15H17NO4S2/c1-2-11-3-5-13(6-4-11)22(19,20)16-14(15(17)18)9-12-7-8-21-10-12/h3-8,10,14,16H,2,9H2,1H3,(H,17,18). The molecule has 0 fully saturated rings. The third-order valence-corrected chi connectivity index (χ3v) is 5.48. The molecule has 0 saturated carbocycles. The Kier molecular flexibility index (Phi) is 5.33. The average molecular weight is 339 g/mol. The van der Waals surface area contributed by atoms with Crippen LogP contribution in [0.15, 0.2) is 46.0 Å². The number of nitrogens with one attached hydrogen (secondary N) is 1. The highest BCUT2D eigenvalue weighted by molar-refractivity contribution is 7.89. The van der Waals surface area contributed by atoms with E-state index in [2.05, 4.69) is 4.72 Å². The highest BCUT2D eigenvalue weighted by Crippen LogP contribution is 2.14. The zero-order valence-corrected chi connectivity index (χ0v) is 13.7. The number of aryl methyl sites for hydroxylation is 1. The Balaban J connectivity index is 2.18. The van der Waals surface area contributed by atoms with Crippen molar-refractivity contribution in [2.24, 2.45) is 0 Å². The van der Waals surface area contributed by atoms with E-state index in [4.69, 9.17) is 0 Å². The molecule has 0 aliphatic heterocycles. The molecule has 0 saturated heterocycles. The van der Waals surface area contributed by atoms with E-state index in [1.807, 2.05) is 12.3 Å². The largest absolute Gasteiger partial charge is 0.480 e. The Bertz CT molecular complexity index is 721. The fourth-order valence-electron chi connectivity index (χ4n) is 1.98. The van der Waals surface area contributed by atoms with Crippen LogP contribution in [0.1, 0.15) is 18.1 Å². The topological polar surface area (TPSA) is 83.5 Å². The summed E-state index contributed by atoms with van der Waals surface area (Å²) in [4.78, 5) is 11.4. The van der Waals surface area contributed by atoms with Gasteiger partial charge in [-0.25, -0.2) is 8.42 Å². The van der Waals surface area contributed by atoms with E-state index < -0.39 is 22.0 Å². The number of carboxylic acid groups (broad SMARTS) is 1. The lowest BCUT2D eigenvalue weighted by molar-refractivity contribution is -0.138. The van der Waals surface area contributed by atoms with Gasteiger partial charge in [0.2, 0.25) is 10.0 Å². The molecule has 1 heterocycles. The second-order valence-corrected chi connectivity index (χ2v) is 7.34. The number of aliphatic carboxylic acids is 1. The van der Waals surface area contributed by atoms with Gasteiger partial charge in [0.05, 0.1) is 4.90 Å². The van der Waals surface area contributed by atoms with Crippen LogP contribution in [-0.2, 0) is 27.7 Å². The van der Waals surface area contributed by atoms with E-state index in [9.17, 15) is 18.3 Å². The summed E-state index contributed by atoms with van der Waals surface area (Å²) in [6, 6.07) is 7.03. The van der Waals surface area contributed by atoms with Crippen molar-refractivity contribution in [3.05, 3.63) is 52.2 Å². The molecule has 0 aliphatic carbocycles. The normalized spacial score (nSPS) is 13.0. The maximum atomic E-state index is 12.3. The summed E-state index contributed by atoms with van der Waals surface area (Å²) in [6.07, 6.45) is 0.925. The molecule has 1 atom stereocenters. The van der Waals surface area contributed by atoms with Crippen molar-refractivity contribution in [3.8, 4) is 0 Å². The number of sulfonamides is 1. The third-order valence-electron chi connectivity index (χ3n) is 3.26. The molecule has 22 heavy (non-hydrogen) atoms. The first-order valence-corrected chi connectivity index (χ1v) is 9.20. The van der Waals surface area contributed by atoms with Gasteiger partial charge >= 0.3 is 5.97 Å². The number of carboxylic acids is 1. The Morgan fingerprint density at radius 1 is 1.23 bits per heavy atom. The molecule has 0 bridgehead atoms. The maximum Gasteiger partial charge on any atom is 0.322 e. The number of hydrogen-bond donors (Lipinski definition) is 2. The van der Waals surface area contributed by atoms with E-state index in [0.717, 1.165) is 17.5 Å². The molecule has 5 nitrogen and oxygen atoms in total. The van der Waals surface area contributed by atoms with Crippen LogP contribution < -0.4 is 4.72 Å². The minimum Gasteiger partial charge on any atom is -0.480 e. The van der Waals surface area contributed by atoms with Crippen molar-refractivity contribution >= 4 is 27.3 Å². The highest BCUT2D eigenvalue weighted by atomic mass is 32.2. The Morgan fingerprint density at radius 2 is 1.91 bits per heavy atom. The number of thiophene rings is 1. The zero-order chi connectivity index (χ0) is 16.2. The first-order chi connectivity index (χ1) is 10.4. The Morgan fingerprint density at radius 3 is 2.41 bits per heavy atom. The van der Waals surface area contributed by atoms with E-state index in [1.54, 1.807) is 23.6 Å². The van der Waals surface area contributed by atoms with Gasteiger partial charge in [-0.1, -0.05) is 19.1 Å². The van der Waals surface area contributed by atoms with Gasteiger partial charge in [-0.2, -0.15) is 16.1 Å². The van der Waals surface area contributed by atoms with E-state index in [-0.39, 0.29) is 11.3 Å². The highest BCUT2D eigenvalue weighted by Gasteiger charge is 2.25. The zero-order valence-electron chi connectivity index (χ0n) is 12.0. The van der Waals surface area contributed by atoms with Crippen LogP contribution in [0.3, 0.4) is 0 Å². The first-order valence-electron chi connectivity index (χ1n) is 6.77. The fourth-order valence-corrected chi connectivity index (χ4v) is 3.85. The fraction of sp³-hybridized carbons (Fsp3) is 0.267. The molecule has 1 unspecified atom stereocenters. The van der Waals surface area contributed by atoms with Gasteiger partial charge in [-0.05, 0) is 46.5 Å². The van der Waals surface area contributed by atoms with Crippen LogP contribution in [0.4, 0.5) is 0 Å². The van der Waals surface area contributed by atoms with Crippen molar-refractivity contribution in [1.82, 2.24) is 4.72 Å². The quantitative estimate of drug-likeness (QED) is 0.811. The van der Waals surface area contributed by atoms with E-state index in [1.165, 1.54) is 23.5 Å². The molecule has 2 aromatic rings. The molecule has 1 aromatic heterocycles. The van der Waals surface area contributed by atoms with Crippen LogP contribution in [-0.4, -0.2) is 25.5 Å². The number of benzene rings is 1. The SMILES string of the molecule is CCc1ccc(S(=O)(=O)NC(Cc2ccsc2)C(=O)O)cc1. The van der Waals surface area contributed by atoms with Crippen molar-refractivity contribution in [2.75, 3.05) is 0 Å². The Labute approximate surface area is 133 Å². The van der Waals surface area contributed by atoms with Crippen LogP contribution in [0, 0.1) is 0 Å². The number of rotatable bonds is 7. The monoisotopic (exact) mass is 339 g/mol. The molecule has 2 rings (SSSR count). The van der Waals surface area contributed by atoms with Crippen LogP contribution in [0.5, 0.6) is 0 Å². The lowest BCUT2D eigenvalue weighted by Crippen LogP contribution is -2.42. The van der Waals surface area contributed by atoms with Crippen LogP contribution >= 0.6 is 11.3 Å². The smallest absolute Gasteiger partial charge is 0.322 e. The van der Waals surface area contributed by atoms with Crippen molar-refractivity contribution in [3.63, 3.8) is 0 Å². The summed E-state index contributed by atoms with van der Waals surface area (Å²) < 4.78 is 26.9. The minimum atomic E-state index is -3.86. The van der Waals surface area contributed by atoms with Gasteiger partial charge in [0, 0.05) is 6.42 Å². The summed E-state index contributed by atoms with van der Waals surface area (Å²) in [5, 5.41) is 12.9. The van der Waals surface area contributed by atoms with Gasteiger partial charge in [-0.3, -0.25) is 4.79 Å². The molecule has 0 radical (unpaired) electrons. The second kappa shape index (κ2) is 7.04. The average Bonchev–Trinajstić information content (AvgIpc) is 2.99.